The van der Waals surface area contributed by atoms with Crippen LogP contribution in [0.1, 0.15) is 34.1 Å². The lowest BCUT2D eigenvalue weighted by Crippen LogP contribution is -2.50. The molecule has 0 heterocycles. The molecule has 0 radical (unpaired) electrons. The van der Waals surface area contributed by atoms with Crippen molar-refractivity contribution in [3.63, 3.8) is 0 Å². The largest absolute Gasteiger partial charge is 0.480 e. The maximum absolute atomic E-state index is 11.4. The average Bonchev–Trinajstić information content (AvgIpc) is 2.12. The minimum atomic E-state index is -1.03. The quantitative estimate of drug-likeness (QED) is 0.669. The molecule has 0 aliphatic rings. The van der Waals surface area contributed by atoms with Gasteiger partial charge in [0.25, 0.3) is 0 Å². The SMILES string of the molecule is CCCOCC(=O)NC(C(=O)O)C(C)(C)C. The minimum Gasteiger partial charge on any atom is -0.480 e. The summed E-state index contributed by atoms with van der Waals surface area (Å²) in [7, 11) is 0. The number of rotatable bonds is 6. The van der Waals surface area contributed by atoms with E-state index in [2.05, 4.69) is 5.32 Å². The summed E-state index contributed by atoms with van der Waals surface area (Å²) in [5.41, 5.74) is -0.522. The summed E-state index contributed by atoms with van der Waals surface area (Å²) in [6.45, 7) is 7.64. The first-order valence-electron chi connectivity index (χ1n) is 5.39. The molecule has 0 aromatic heterocycles. The lowest BCUT2D eigenvalue weighted by molar-refractivity contribution is -0.145. The van der Waals surface area contributed by atoms with Crippen molar-refractivity contribution in [1.29, 1.82) is 0 Å². The third-order valence-corrected chi connectivity index (χ3v) is 2.00. The summed E-state index contributed by atoms with van der Waals surface area (Å²) >= 11 is 0. The zero-order valence-corrected chi connectivity index (χ0v) is 10.4. The standard InChI is InChI=1S/C11H21NO4/c1-5-6-16-7-8(13)12-9(10(14)15)11(2,3)4/h9H,5-7H2,1-4H3,(H,12,13)(H,14,15). The predicted octanol–water partition coefficient (Wildman–Crippen LogP) is 1.03. The molecule has 0 saturated heterocycles. The predicted molar refractivity (Wildman–Crippen MR) is 60.1 cm³/mol. The summed E-state index contributed by atoms with van der Waals surface area (Å²) in [6.07, 6.45) is 0.828. The third-order valence-electron chi connectivity index (χ3n) is 2.00. The topological polar surface area (TPSA) is 75.6 Å². The van der Waals surface area contributed by atoms with Crippen molar-refractivity contribution in [3.8, 4) is 0 Å². The van der Waals surface area contributed by atoms with Gasteiger partial charge in [0, 0.05) is 6.61 Å². The van der Waals surface area contributed by atoms with Crippen LogP contribution in [0.2, 0.25) is 0 Å². The molecule has 0 bridgehead atoms. The van der Waals surface area contributed by atoms with Gasteiger partial charge in [0.1, 0.15) is 12.6 Å². The fourth-order valence-electron chi connectivity index (χ4n) is 1.16. The maximum atomic E-state index is 11.4. The molecule has 0 rings (SSSR count). The Morgan fingerprint density at radius 1 is 1.38 bits per heavy atom. The Morgan fingerprint density at radius 2 is 1.94 bits per heavy atom. The molecule has 0 fully saturated rings. The first kappa shape index (κ1) is 14.9. The third kappa shape index (κ3) is 5.70. The van der Waals surface area contributed by atoms with E-state index in [-0.39, 0.29) is 6.61 Å². The molecule has 0 spiro atoms. The van der Waals surface area contributed by atoms with Gasteiger partial charge >= 0.3 is 5.97 Å². The van der Waals surface area contributed by atoms with Crippen LogP contribution in [0, 0.1) is 5.41 Å². The molecular weight excluding hydrogens is 210 g/mol. The van der Waals surface area contributed by atoms with Crippen molar-refractivity contribution in [1.82, 2.24) is 5.32 Å². The van der Waals surface area contributed by atoms with Crippen molar-refractivity contribution in [2.75, 3.05) is 13.2 Å². The molecule has 94 valence electrons. The lowest BCUT2D eigenvalue weighted by atomic mass is 9.87. The number of carboxylic acid groups (broad SMARTS) is 1. The molecule has 2 N–H and O–H groups in total. The lowest BCUT2D eigenvalue weighted by Gasteiger charge is -2.27. The van der Waals surface area contributed by atoms with Crippen molar-refractivity contribution >= 4 is 11.9 Å². The number of carbonyl (C=O) groups excluding carboxylic acids is 1. The first-order chi connectivity index (χ1) is 7.29. The second-order valence-electron chi connectivity index (χ2n) is 4.76. The van der Waals surface area contributed by atoms with Crippen molar-refractivity contribution in [3.05, 3.63) is 0 Å². The second kappa shape index (κ2) is 6.48. The van der Waals surface area contributed by atoms with Gasteiger partial charge in [-0.15, -0.1) is 0 Å². The highest BCUT2D eigenvalue weighted by Gasteiger charge is 2.32. The minimum absolute atomic E-state index is 0.0896. The Bertz CT molecular complexity index is 245. The van der Waals surface area contributed by atoms with E-state index < -0.39 is 23.3 Å². The Kier molecular flexibility index (Phi) is 6.03. The zero-order chi connectivity index (χ0) is 12.8. The van der Waals surface area contributed by atoms with Crippen LogP contribution in [0.5, 0.6) is 0 Å². The van der Waals surface area contributed by atoms with E-state index in [1.54, 1.807) is 20.8 Å². The van der Waals surface area contributed by atoms with Crippen LogP contribution in [-0.4, -0.2) is 36.2 Å². The zero-order valence-electron chi connectivity index (χ0n) is 10.4. The van der Waals surface area contributed by atoms with Gasteiger partial charge < -0.3 is 15.2 Å². The number of hydrogen-bond acceptors (Lipinski definition) is 3. The molecule has 1 atom stereocenters. The number of amides is 1. The molecule has 0 aliphatic heterocycles. The second-order valence-corrected chi connectivity index (χ2v) is 4.76. The summed E-state index contributed by atoms with van der Waals surface area (Å²) in [5.74, 6) is -1.42. The highest BCUT2D eigenvalue weighted by Crippen LogP contribution is 2.19. The maximum Gasteiger partial charge on any atom is 0.326 e. The molecule has 0 saturated carbocycles. The van der Waals surface area contributed by atoms with E-state index in [1.165, 1.54) is 0 Å². The van der Waals surface area contributed by atoms with Crippen molar-refractivity contribution < 1.29 is 19.4 Å². The summed E-state index contributed by atoms with van der Waals surface area (Å²) < 4.78 is 5.03. The Hall–Kier alpha value is -1.10. The van der Waals surface area contributed by atoms with E-state index in [0.717, 1.165) is 6.42 Å². The fraction of sp³-hybridized carbons (Fsp3) is 0.818. The Morgan fingerprint density at radius 3 is 2.31 bits per heavy atom. The van der Waals surface area contributed by atoms with Gasteiger partial charge in [-0.1, -0.05) is 27.7 Å². The molecule has 16 heavy (non-hydrogen) atoms. The van der Waals surface area contributed by atoms with Crippen molar-refractivity contribution in [2.24, 2.45) is 5.41 Å². The van der Waals surface area contributed by atoms with Gasteiger partial charge in [-0.2, -0.15) is 0 Å². The molecule has 1 amide bonds. The normalized spacial score (nSPS) is 13.2. The first-order valence-corrected chi connectivity index (χ1v) is 5.39. The molecule has 0 aliphatic carbocycles. The molecule has 0 aromatic rings. The van der Waals surface area contributed by atoms with E-state index >= 15 is 0 Å². The van der Waals surface area contributed by atoms with Crippen LogP contribution in [0.15, 0.2) is 0 Å². The molecule has 5 heteroatoms. The van der Waals surface area contributed by atoms with Crippen LogP contribution in [0.4, 0.5) is 0 Å². The fourth-order valence-corrected chi connectivity index (χ4v) is 1.16. The van der Waals surface area contributed by atoms with Crippen LogP contribution >= 0.6 is 0 Å². The summed E-state index contributed by atoms with van der Waals surface area (Å²) in [4.78, 5) is 22.3. The van der Waals surface area contributed by atoms with Crippen LogP contribution in [-0.2, 0) is 14.3 Å². The van der Waals surface area contributed by atoms with Gasteiger partial charge in [-0.25, -0.2) is 4.79 Å². The van der Waals surface area contributed by atoms with E-state index in [4.69, 9.17) is 9.84 Å². The Balaban J connectivity index is 4.21. The van der Waals surface area contributed by atoms with Gasteiger partial charge in [-0.05, 0) is 11.8 Å². The van der Waals surface area contributed by atoms with Crippen LogP contribution in [0.25, 0.3) is 0 Å². The molecular formula is C11H21NO4. The van der Waals surface area contributed by atoms with E-state index in [0.29, 0.717) is 6.61 Å². The Labute approximate surface area is 96.2 Å². The van der Waals surface area contributed by atoms with Gasteiger partial charge in [0.2, 0.25) is 5.91 Å². The van der Waals surface area contributed by atoms with E-state index in [1.807, 2.05) is 6.92 Å². The number of carboxylic acids is 1. The van der Waals surface area contributed by atoms with E-state index in [9.17, 15) is 9.59 Å². The van der Waals surface area contributed by atoms with Crippen molar-refractivity contribution in [2.45, 2.75) is 40.2 Å². The highest BCUT2D eigenvalue weighted by molar-refractivity contribution is 5.84. The highest BCUT2D eigenvalue weighted by atomic mass is 16.5. The molecule has 0 aromatic carbocycles. The molecule has 1 unspecified atom stereocenters. The summed E-state index contributed by atoms with van der Waals surface area (Å²) in [5, 5.41) is 11.4. The van der Waals surface area contributed by atoms with Crippen LogP contribution in [0.3, 0.4) is 0 Å². The van der Waals surface area contributed by atoms with Gasteiger partial charge in [0.05, 0.1) is 0 Å². The molecule has 5 nitrogen and oxygen atoms in total. The number of nitrogens with one attached hydrogen (secondary N) is 1. The number of ether oxygens (including phenoxy) is 1. The monoisotopic (exact) mass is 231 g/mol. The van der Waals surface area contributed by atoms with Crippen LogP contribution < -0.4 is 5.32 Å². The number of aliphatic carboxylic acids is 1. The van der Waals surface area contributed by atoms with Gasteiger partial charge in [-0.3, -0.25) is 4.79 Å². The number of hydrogen-bond donors (Lipinski definition) is 2. The number of carbonyl (C=O) groups is 2. The summed E-state index contributed by atoms with van der Waals surface area (Å²) in [6, 6.07) is -0.898. The smallest absolute Gasteiger partial charge is 0.326 e. The average molecular weight is 231 g/mol. The van der Waals surface area contributed by atoms with Gasteiger partial charge in [0.15, 0.2) is 0 Å².